The summed E-state index contributed by atoms with van der Waals surface area (Å²) in [5.74, 6) is 0.960. The molecule has 9 heteroatoms. The highest BCUT2D eigenvalue weighted by Gasteiger charge is 2.24. The van der Waals surface area contributed by atoms with Crippen LogP contribution in [0.4, 0.5) is 5.13 Å². The van der Waals surface area contributed by atoms with Crippen LogP contribution in [0, 0.1) is 0 Å². The second-order valence-corrected chi connectivity index (χ2v) is 9.61. The molecule has 3 heterocycles. The number of hydrogen-bond acceptors (Lipinski definition) is 8. The molecule has 1 amide bonds. The standard InChI is InChI=1S/C24H28N4O4S/c29-21-6-2-1-5-18(21)27-24-28-19-8-7-15(13-22(19)33-24)32-16-9-10-25-20(12-16)23(30)26-14-17-4-3-11-31-17/h7-10,12-13,17-18,21,29H,1-6,11,14H2,(H,26,30)(H,27,28)/t17?,18-,21-/m1/s1. The minimum absolute atomic E-state index is 0.0525. The third-order valence-corrected chi connectivity index (χ3v) is 7.06. The van der Waals surface area contributed by atoms with Gasteiger partial charge >= 0.3 is 0 Å². The summed E-state index contributed by atoms with van der Waals surface area (Å²) < 4.78 is 12.5. The Bertz CT molecular complexity index is 1110. The van der Waals surface area contributed by atoms with E-state index in [0.29, 0.717) is 23.7 Å². The third-order valence-electron chi connectivity index (χ3n) is 6.11. The number of benzene rings is 1. The summed E-state index contributed by atoms with van der Waals surface area (Å²) in [6.07, 6.45) is 7.32. The van der Waals surface area contributed by atoms with Gasteiger partial charge in [0.2, 0.25) is 0 Å². The van der Waals surface area contributed by atoms with Gasteiger partial charge in [0.1, 0.15) is 17.2 Å². The van der Waals surface area contributed by atoms with Gasteiger partial charge in [0.05, 0.1) is 28.5 Å². The highest BCUT2D eigenvalue weighted by atomic mass is 32.1. The Labute approximate surface area is 196 Å². The first-order valence-corrected chi connectivity index (χ1v) is 12.3. The molecule has 3 atom stereocenters. The van der Waals surface area contributed by atoms with Crippen molar-refractivity contribution in [2.45, 2.75) is 56.8 Å². The number of rotatable bonds is 7. The predicted molar refractivity (Wildman–Crippen MR) is 127 cm³/mol. The lowest BCUT2D eigenvalue weighted by molar-refractivity contribution is 0.0853. The number of aliphatic hydroxyl groups is 1. The van der Waals surface area contributed by atoms with E-state index in [1.807, 2.05) is 18.2 Å². The van der Waals surface area contributed by atoms with Crippen molar-refractivity contribution >= 4 is 32.6 Å². The Morgan fingerprint density at radius 2 is 2.03 bits per heavy atom. The molecule has 33 heavy (non-hydrogen) atoms. The molecule has 1 aliphatic heterocycles. The second-order valence-electron chi connectivity index (χ2n) is 8.58. The quantitative estimate of drug-likeness (QED) is 0.479. The van der Waals surface area contributed by atoms with E-state index in [2.05, 4.69) is 20.6 Å². The summed E-state index contributed by atoms with van der Waals surface area (Å²) >= 11 is 1.54. The summed E-state index contributed by atoms with van der Waals surface area (Å²) in [6, 6.07) is 9.13. The fraction of sp³-hybridized carbons (Fsp3) is 0.458. The molecule has 1 unspecified atom stereocenters. The van der Waals surface area contributed by atoms with Crippen molar-refractivity contribution in [1.29, 1.82) is 0 Å². The van der Waals surface area contributed by atoms with E-state index in [0.717, 1.165) is 60.5 Å². The van der Waals surface area contributed by atoms with Crippen molar-refractivity contribution in [1.82, 2.24) is 15.3 Å². The number of ether oxygens (including phenoxy) is 2. The van der Waals surface area contributed by atoms with Gasteiger partial charge in [0.25, 0.3) is 5.91 Å². The molecule has 1 saturated heterocycles. The average Bonchev–Trinajstić information content (AvgIpc) is 3.48. The lowest BCUT2D eigenvalue weighted by atomic mass is 9.93. The molecule has 3 N–H and O–H groups in total. The molecule has 3 aromatic rings. The second kappa shape index (κ2) is 10.0. The number of nitrogens with one attached hydrogen (secondary N) is 2. The van der Waals surface area contributed by atoms with Gasteiger partial charge in [-0.05, 0) is 43.9 Å². The van der Waals surface area contributed by atoms with E-state index in [-0.39, 0.29) is 24.2 Å². The number of thiazole rings is 1. The normalized spacial score (nSPS) is 22.9. The highest BCUT2D eigenvalue weighted by Crippen LogP contribution is 2.33. The number of carbonyl (C=O) groups is 1. The van der Waals surface area contributed by atoms with Crippen molar-refractivity contribution in [2.75, 3.05) is 18.5 Å². The Morgan fingerprint density at radius 3 is 2.88 bits per heavy atom. The van der Waals surface area contributed by atoms with Crippen LogP contribution in [-0.4, -0.2) is 52.4 Å². The fourth-order valence-electron chi connectivity index (χ4n) is 4.31. The maximum atomic E-state index is 12.5. The van der Waals surface area contributed by atoms with E-state index in [4.69, 9.17) is 9.47 Å². The van der Waals surface area contributed by atoms with Gasteiger partial charge < -0.3 is 25.2 Å². The summed E-state index contributed by atoms with van der Waals surface area (Å²) in [5, 5.41) is 17.3. The maximum Gasteiger partial charge on any atom is 0.270 e. The number of aromatic nitrogens is 2. The van der Waals surface area contributed by atoms with Crippen LogP contribution >= 0.6 is 11.3 Å². The summed E-state index contributed by atoms with van der Waals surface area (Å²) in [4.78, 5) is 21.3. The Kier molecular flexibility index (Phi) is 6.70. The summed E-state index contributed by atoms with van der Waals surface area (Å²) in [7, 11) is 0. The molecular weight excluding hydrogens is 440 g/mol. The molecule has 8 nitrogen and oxygen atoms in total. The average molecular weight is 469 g/mol. The van der Waals surface area contributed by atoms with Crippen LogP contribution in [0.5, 0.6) is 11.5 Å². The first kappa shape index (κ1) is 22.1. The van der Waals surface area contributed by atoms with E-state index < -0.39 is 0 Å². The molecule has 0 spiro atoms. The van der Waals surface area contributed by atoms with Crippen LogP contribution < -0.4 is 15.4 Å². The van der Waals surface area contributed by atoms with Gasteiger partial charge in [-0.1, -0.05) is 24.2 Å². The number of carbonyl (C=O) groups excluding carboxylic acids is 1. The van der Waals surface area contributed by atoms with Crippen LogP contribution in [-0.2, 0) is 4.74 Å². The van der Waals surface area contributed by atoms with Gasteiger partial charge in [-0.15, -0.1) is 0 Å². The van der Waals surface area contributed by atoms with E-state index in [1.54, 1.807) is 29.7 Å². The lowest BCUT2D eigenvalue weighted by Gasteiger charge is -2.27. The predicted octanol–water partition coefficient (Wildman–Crippen LogP) is 4.11. The van der Waals surface area contributed by atoms with Gasteiger partial charge in [0, 0.05) is 31.5 Å². The van der Waals surface area contributed by atoms with E-state index in [1.165, 1.54) is 0 Å². The van der Waals surface area contributed by atoms with Gasteiger partial charge in [-0.3, -0.25) is 9.78 Å². The zero-order valence-electron chi connectivity index (χ0n) is 18.3. The first-order valence-electron chi connectivity index (χ1n) is 11.5. The summed E-state index contributed by atoms with van der Waals surface area (Å²) in [5.41, 5.74) is 1.19. The lowest BCUT2D eigenvalue weighted by Crippen LogP contribution is -2.36. The van der Waals surface area contributed by atoms with Gasteiger partial charge in [-0.25, -0.2) is 4.98 Å². The van der Waals surface area contributed by atoms with Crippen LogP contribution in [0.1, 0.15) is 49.0 Å². The monoisotopic (exact) mass is 468 g/mol. The van der Waals surface area contributed by atoms with E-state index >= 15 is 0 Å². The van der Waals surface area contributed by atoms with Crippen molar-refractivity contribution < 1.29 is 19.4 Å². The largest absolute Gasteiger partial charge is 0.457 e. The van der Waals surface area contributed by atoms with Crippen LogP contribution in [0.2, 0.25) is 0 Å². The number of anilines is 1. The Hall–Kier alpha value is -2.75. The molecule has 2 aliphatic rings. The maximum absolute atomic E-state index is 12.5. The molecule has 174 valence electrons. The smallest absolute Gasteiger partial charge is 0.270 e. The number of hydrogen-bond donors (Lipinski definition) is 3. The van der Waals surface area contributed by atoms with Crippen molar-refractivity contribution in [3.05, 3.63) is 42.2 Å². The molecule has 0 bridgehead atoms. The van der Waals surface area contributed by atoms with Crippen LogP contribution in [0.15, 0.2) is 36.5 Å². The van der Waals surface area contributed by atoms with Crippen LogP contribution in [0.25, 0.3) is 10.2 Å². The molecule has 1 aliphatic carbocycles. The molecule has 5 rings (SSSR count). The molecule has 0 radical (unpaired) electrons. The molecule has 2 aromatic heterocycles. The van der Waals surface area contributed by atoms with Crippen molar-refractivity contribution in [2.24, 2.45) is 0 Å². The molecule has 2 fully saturated rings. The first-order chi connectivity index (χ1) is 16.1. The number of nitrogens with zero attached hydrogens (tertiary/aromatic N) is 2. The SMILES string of the molecule is O=C(NCC1CCCO1)c1cc(Oc2ccc3nc(N[C@@H]4CCCC[C@H]4O)sc3c2)ccn1. The van der Waals surface area contributed by atoms with Gasteiger partial charge in [-0.2, -0.15) is 0 Å². The van der Waals surface area contributed by atoms with E-state index in [9.17, 15) is 9.90 Å². The van der Waals surface area contributed by atoms with Crippen molar-refractivity contribution in [3.8, 4) is 11.5 Å². The summed E-state index contributed by atoms with van der Waals surface area (Å²) in [6.45, 7) is 1.24. The van der Waals surface area contributed by atoms with Crippen molar-refractivity contribution in [3.63, 3.8) is 0 Å². The molecular formula is C24H28N4O4S. The number of fused-ring (bicyclic) bond motifs is 1. The Morgan fingerprint density at radius 1 is 1.15 bits per heavy atom. The number of amides is 1. The third kappa shape index (κ3) is 5.43. The molecule has 1 saturated carbocycles. The zero-order chi connectivity index (χ0) is 22.6. The topological polar surface area (TPSA) is 106 Å². The van der Waals surface area contributed by atoms with Crippen LogP contribution in [0.3, 0.4) is 0 Å². The zero-order valence-corrected chi connectivity index (χ0v) is 19.1. The Balaban J connectivity index is 1.24. The molecule has 1 aromatic carbocycles. The number of aliphatic hydroxyl groups excluding tert-OH is 1. The van der Waals surface area contributed by atoms with Gasteiger partial charge in [0.15, 0.2) is 5.13 Å². The fourth-order valence-corrected chi connectivity index (χ4v) is 5.26. The number of pyridine rings is 1. The minimum atomic E-state index is -0.326. The minimum Gasteiger partial charge on any atom is -0.457 e. The highest BCUT2D eigenvalue weighted by molar-refractivity contribution is 7.22.